The number of anilines is 1. The summed E-state index contributed by atoms with van der Waals surface area (Å²) in [6, 6.07) is 15.0. The van der Waals surface area contributed by atoms with E-state index in [1.54, 1.807) is 18.2 Å². The summed E-state index contributed by atoms with van der Waals surface area (Å²) in [5.74, 6) is 0.985. The third kappa shape index (κ3) is 3.35. The van der Waals surface area contributed by atoms with E-state index in [2.05, 4.69) is 15.5 Å². The topological polar surface area (TPSA) is 51.0 Å². The van der Waals surface area contributed by atoms with E-state index in [4.69, 9.17) is 27.7 Å². The first kappa shape index (κ1) is 13.9. The van der Waals surface area contributed by atoms with Crippen LogP contribution in [0.5, 0.6) is 0 Å². The molecule has 106 valence electrons. The van der Waals surface area contributed by atoms with E-state index in [0.717, 1.165) is 11.3 Å². The molecule has 0 spiro atoms. The minimum Gasteiger partial charge on any atom is -0.376 e. The van der Waals surface area contributed by atoms with Gasteiger partial charge in [-0.3, -0.25) is 0 Å². The zero-order chi connectivity index (χ0) is 14.7. The van der Waals surface area contributed by atoms with Crippen molar-refractivity contribution in [2.45, 2.75) is 6.54 Å². The Morgan fingerprint density at radius 1 is 1.00 bits per heavy atom. The lowest BCUT2D eigenvalue weighted by atomic mass is 10.2. The standard InChI is InChI=1S/C15H11Cl2N3O/c16-12-7-6-10(8-13(12)17)15-19-14(21-20-15)9-18-11-4-2-1-3-5-11/h1-8,18H,9H2. The van der Waals surface area contributed by atoms with E-state index in [1.165, 1.54) is 0 Å². The average molecular weight is 320 g/mol. The highest BCUT2D eigenvalue weighted by Gasteiger charge is 2.10. The van der Waals surface area contributed by atoms with Gasteiger partial charge in [-0.05, 0) is 30.3 Å². The molecule has 1 aromatic heterocycles. The summed E-state index contributed by atoms with van der Waals surface area (Å²) in [6.45, 7) is 0.457. The van der Waals surface area contributed by atoms with Gasteiger partial charge in [-0.1, -0.05) is 46.6 Å². The highest BCUT2D eigenvalue weighted by Crippen LogP contribution is 2.27. The zero-order valence-corrected chi connectivity index (χ0v) is 12.4. The Hall–Kier alpha value is -2.04. The summed E-state index contributed by atoms with van der Waals surface area (Å²) in [7, 11) is 0. The van der Waals surface area contributed by atoms with Crippen LogP contribution in [0.2, 0.25) is 10.0 Å². The van der Waals surface area contributed by atoms with Gasteiger partial charge in [0.05, 0.1) is 16.6 Å². The third-order valence-electron chi connectivity index (χ3n) is 2.86. The van der Waals surface area contributed by atoms with Crippen LogP contribution in [0.1, 0.15) is 5.89 Å². The number of rotatable bonds is 4. The molecule has 0 amide bonds. The molecule has 0 atom stereocenters. The lowest BCUT2D eigenvalue weighted by Gasteiger charge is -2.01. The number of para-hydroxylation sites is 1. The first-order valence-corrected chi connectivity index (χ1v) is 7.05. The summed E-state index contributed by atoms with van der Waals surface area (Å²) in [5.41, 5.74) is 1.76. The molecule has 0 unspecified atom stereocenters. The van der Waals surface area contributed by atoms with E-state index >= 15 is 0 Å². The summed E-state index contributed by atoms with van der Waals surface area (Å²) >= 11 is 11.9. The SMILES string of the molecule is Clc1ccc(-c2noc(CNc3ccccc3)n2)cc1Cl. The van der Waals surface area contributed by atoms with Crippen molar-refractivity contribution in [3.05, 3.63) is 64.5 Å². The van der Waals surface area contributed by atoms with Crippen molar-refractivity contribution in [3.63, 3.8) is 0 Å². The number of hydrogen-bond donors (Lipinski definition) is 1. The monoisotopic (exact) mass is 319 g/mol. The van der Waals surface area contributed by atoms with Gasteiger partial charge in [0.2, 0.25) is 11.7 Å². The first-order valence-electron chi connectivity index (χ1n) is 6.29. The summed E-state index contributed by atoms with van der Waals surface area (Å²) < 4.78 is 5.21. The molecule has 0 saturated carbocycles. The minimum absolute atomic E-state index is 0.457. The quantitative estimate of drug-likeness (QED) is 0.760. The number of halogens is 2. The van der Waals surface area contributed by atoms with Crippen LogP contribution in [-0.2, 0) is 6.54 Å². The number of benzene rings is 2. The summed E-state index contributed by atoms with van der Waals surface area (Å²) in [5, 5.41) is 8.10. The Bertz CT molecular complexity index is 744. The van der Waals surface area contributed by atoms with Gasteiger partial charge >= 0.3 is 0 Å². The van der Waals surface area contributed by atoms with Crippen molar-refractivity contribution in [1.29, 1.82) is 0 Å². The number of nitrogens with zero attached hydrogens (tertiary/aromatic N) is 2. The van der Waals surface area contributed by atoms with Crippen LogP contribution in [0.25, 0.3) is 11.4 Å². The molecular formula is C15H11Cl2N3O. The van der Waals surface area contributed by atoms with Crippen molar-refractivity contribution in [1.82, 2.24) is 10.1 Å². The molecule has 0 aliphatic carbocycles. The summed E-state index contributed by atoms with van der Waals surface area (Å²) in [4.78, 5) is 4.32. The van der Waals surface area contributed by atoms with Gasteiger partial charge in [0.25, 0.3) is 0 Å². The van der Waals surface area contributed by atoms with E-state index in [-0.39, 0.29) is 0 Å². The highest BCUT2D eigenvalue weighted by atomic mass is 35.5. The van der Waals surface area contributed by atoms with Crippen LogP contribution in [-0.4, -0.2) is 10.1 Å². The van der Waals surface area contributed by atoms with Gasteiger partial charge in [0, 0.05) is 11.3 Å². The van der Waals surface area contributed by atoms with Crippen molar-refractivity contribution in [2.75, 3.05) is 5.32 Å². The smallest absolute Gasteiger partial charge is 0.246 e. The number of hydrogen-bond acceptors (Lipinski definition) is 4. The molecular weight excluding hydrogens is 309 g/mol. The largest absolute Gasteiger partial charge is 0.376 e. The molecule has 21 heavy (non-hydrogen) atoms. The Labute approximate surface area is 131 Å². The van der Waals surface area contributed by atoms with Crippen LogP contribution >= 0.6 is 23.2 Å². The van der Waals surface area contributed by atoms with Crippen LogP contribution in [0.3, 0.4) is 0 Å². The predicted molar refractivity (Wildman–Crippen MR) is 83.5 cm³/mol. The molecule has 0 bridgehead atoms. The molecule has 0 saturated heterocycles. The van der Waals surface area contributed by atoms with Crippen LogP contribution < -0.4 is 5.32 Å². The van der Waals surface area contributed by atoms with E-state index < -0.39 is 0 Å². The number of nitrogens with one attached hydrogen (secondary N) is 1. The molecule has 1 N–H and O–H groups in total. The Kier molecular flexibility index (Phi) is 4.08. The van der Waals surface area contributed by atoms with E-state index in [9.17, 15) is 0 Å². The van der Waals surface area contributed by atoms with Crippen LogP contribution in [0.15, 0.2) is 53.1 Å². The van der Waals surface area contributed by atoms with Crippen molar-refractivity contribution < 1.29 is 4.52 Å². The molecule has 4 nitrogen and oxygen atoms in total. The molecule has 0 fully saturated rings. The number of aromatic nitrogens is 2. The Morgan fingerprint density at radius 3 is 2.57 bits per heavy atom. The van der Waals surface area contributed by atoms with Gasteiger partial charge < -0.3 is 9.84 Å². The lowest BCUT2D eigenvalue weighted by Crippen LogP contribution is -1.99. The van der Waals surface area contributed by atoms with Crippen molar-refractivity contribution in [2.24, 2.45) is 0 Å². The van der Waals surface area contributed by atoms with Gasteiger partial charge in [-0.25, -0.2) is 0 Å². The molecule has 0 radical (unpaired) electrons. The molecule has 2 aromatic carbocycles. The summed E-state index contributed by atoms with van der Waals surface area (Å²) in [6.07, 6.45) is 0. The molecule has 1 heterocycles. The Morgan fingerprint density at radius 2 is 1.81 bits per heavy atom. The molecule has 0 aliphatic rings. The second-order valence-corrected chi connectivity index (χ2v) is 5.17. The maximum atomic E-state index is 5.98. The van der Waals surface area contributed by atoms with Gasteiger partial charge in [0.1, 0.15) is 0 Å². The van der Waals surface area contributed by atoms with E-state index in [0.29, 0.717) is 28.3 Å². The molecule has 3 rings (SSSR count). The second kappa shape index (κ2) is 6.16. The highest BCUT2D eigenvalue weighted by molar-refractivity contribution is 6.42. The predicted octanol–water partition coefficient (Wildman–Crippen LogP) is 4.66. The van der Waals surface area contributed by atoms with Gasteiger partial charge in [0.15, 0.2) is 0 Å². The fourth-order valence-electron chi connectivity index (χ4n) is 1.81. The fourth-order valence-corrected chi connectivity index (χ4v) is 2.11. The third-order valence-corrected chi connectivity index (χ3v) is 3.60. The normalized spacial score (nSPS) is 10.6. The van der Waals surface area contributed by atoms with Crippen LogP contribution in [0, 0.1) is 0 Å². The van der Waals surface area contributed by atoms with Crippen molar-refractivity contribution in [3.8, 4) is 11.4 Å². The first-order chi connectivity index (χ1) is 10.2. The molecule has 6 heteroatoms. The maximum Gasteiger partial charge on any atom is 0.246 e. The maximum absolute atomic E-state index is 5.98. The average Bonchev–Trinajstić information content (AvgIpc) is 2.98. The van der Waals surface area contributed by atoms with Gasteiger partial charge in [-0.15, -0.1) is 0 Å². The van der Waals surface area contributed by atoms with Crippen molar-refractivity contribution >= 4 is 28.9 Å². The lowest BCUT2D eigenvalue weighted by molar-refractivity contribution is 0.384. The van der Waals surface area contributed by atoms with Gasteiger partial charge in [-0.2, -0.15) is 4.98 Å². The Balaban J connectivity index is 1.72. The molecule has 0 aliphatic heterocycles. The fraction of sp³-hybridized carbons (Fsp3) is 0.0667. The van der Waals surface area contributed by atoms with E-state index in [1.807, 2.05) is 30.3 Å². The zero-order valence-electron chi connectivity index (χ0n) is 10.9. The second-order valence-electron chi connectivity index (χ2n) is 4.36. The van der Waals surface area contributed by atoms with Crippen LogP contribution in [0.4, 0.5) is 5.69 Å². The minimum atomic E-state index is 0.457. The molecule has 3 aromatic rings.